The summed E-state index contributed by atoms with van der Waals surface area (Å²) in [6.07, 6.45) is 3.04. The van der Waals surface area contributed by atoms with Crippen LogP contribution in [0.5, 0.6) is 5.19 Å². The molecule has 3 rings (SSSR count). The van der Waals surface area contributed by atoms with Crippen LogP contribution >= 0.6 is 11.3 Å². The summed E-state index contributed by atoms with van der Waals surface area (Å²) in [5.74, 6) is 0. The smallest absolute Gasteiger partial charge is 0.368 e. The number of nitrogens with zero attached hydrogens (tertiary/aromatic N) is 7. The topological polar surface area (TPSA) is 101 Å². The molecular weight excluding hydrogens is 306 g/mol. The van der Waals surface area contributed by atoms with Crippen molar-refractivity contribution in [1.29, 1.82) is 0 Å². The third kappa shape index (κ3) is 2.51. The van der Waals surface area contributed by atoms with Crippen molar-refractivity contribution in [3.8, 4) is 10.9 Å². The van der Waals surface area contributed by atoms with Gasteiger partial charge in [0.15, 0.2) is 0 Å². The summed E-state index contributed by atoms with van der Waals surface area (Å²) in [5, 5.41) is 17.2. The first-order chi connectivity index (χ1) is 11.1. The molecule has 0 saturated carbocycles. The van der Waals surface area contributed by atoms with Crippen LogP contribution in [0.15, 0.2) is 29.1 Å². The Labute approximate surface area is 129 Å². The zero-order valence-electron chi connectivity index (χ0n) is 12.5. The Bertz CT molecular complexity index is 916. The van der Waals surface area contributed by atoms with Gasteiger partial charge in [-0.3, -0.25) is 0 Å². The molecular formula is C12H11N7O2S. The fraction of sp³-hybridized carbons (Fsp3) is 0.167. The van der Waals surface area contributed by atoms with E-state index in [9.17, 15) is 4.79 Å². The van der Waals surface area contributed by atoms with Gasteiger partial charge in [0.25, 0.3) is 5.19 Å². The van der Waals surface area contributed by atoms with Gasteiger partial charge < -0.3 is 4.74 Å². The average Bonchev–Trinajstić information content (AvgIpc) is 3.11. The van der Waals surface area contributed by atoms with Crippen LogP contribution in [0.4, 0.5) is 0 Å². The van der Waals surface area contributed by atoms with Crippen LogP contribution in [0, 0.1) is 0 Å². The van der Waals surface area contributed by atoms with Crippen LogP contribution in [0.3, 0.4) is 0 Å². The van der Waals surface area contributed by atoms with Gasteiger partial charge in [-0.15, -0.1) is 0 Å². The van der Waals surface area contributed by atoms with Gasteiger partial charge >= 0.3 is 5.69 Å². The van der Waals surface area contributed by atoms with E-state index < -0.39 is 5.69 Å². The summed E-state index contributed by atoms with van der Waals surface area (Å²) in [6, 6.07) is 0. The molecule has 0 saturated heterocycles. The molecule has 3 aromatic heterocycles. The highest BCUT2D eigenvalue weighted by atomic mass is 32.1. The van der Waals surface area contributed by atoms with E-state index in [4.69, 9.17) is 6.11 Å². The highest BCUT2D eigenvalue weighted by Crippen LogP contribution is 2.20. The van der Waals surface area contributed by atoms with Gasteiger partial charge in [0.05, 0.1) is 13.3 Å². The van der Waals surface area contributed by atoms with E-state index in [1.165, 1.54) is 30.7 Å². The zero-order chi connectivity index (χ0) is 16.4. The number of aromatic nitrogens is 7. The second kappa shape index (κ2) is 5.85. The van der Waals surface area contributed by atoms with E-state index in [-0.39, 0.29) is 12.8 Å². The Balaban J connectivity index is 2.01. The van der Waals surface area contributed by atoms with Crippen molar-refractivity contribution in [2.45, 2.75) is 6.61 Å². The van der Waals surface area contributed by atoms with E-state index in [1.54, 1.807) is 5.38 Å². The minimum Gasteiger partial charge on any atom is -0.465 e. The summed E-state index contributed by atoms with van der Waals surface area (Å²) in [4.78, 5) is 16.0. The molecule has 0 aliphatic heterocycles. The largest absolute Gasteiger partial charge is 0.465 e. The van der Waals surface area contributed by atoms with Gasteiger partial charge in [0.1, 0.15) is 12.3 Å². The predicted molar refractivity (Wildman–Crippen MR) is 78.7 cm³/mol. The monoisotopic (exact) mass is 319 g/mol. The number of aryl methyl sites for hydroxylation is 1. The fourth-order valence-electron chi connectivity index (χ4n) is 1.76. The Morgan fingerprint density at radius 1 is 1.55 bits per heavy atom. The molecule has 10 heteroatoms. The molecule has 112 valence electrons. The van der Waals surface area contributed by atoms with Crippen LogP contribution in [0.2, 0.25) is 0 Å². The van der Waals surface area contributed by atoms with Crippen molar-refractivity contribution >= 4 is 17.4 Å². The Morgan fingerprint density at radius 2 is 2.41 bits per heavy atom. The number of hydrogen-bond donors (Lipinski definition) is 0. The van der Waals surface area contributed by atoms with Crippen LogP contribution in [0.1, 0.15) is 12.6 Å². The van der Waals surface area contributed by atoms with Gasteiger partial charge in [-0.2, -0.15) is 19.6 Å². The predicted octanol–water partition coefficient (Wildman–Crippen LogP) is 0.434. The molecule has 0 radical (unpaired) electrons. The molecule has 3 aromatic rings. The van der Waals surface area contributed by atoms with E-state index in [0.717, 1.165) is 9.36 Å². The normalized spacial score (nSPS) is 11.2. The maximum Gasteiger partial charge on any atom is 0.368 e. The first kappa shape index (κ1) is 12.8. The Hall–Kier alpha value is -2.88. The van der Waals surface area contributed by atoms with Crippen LogP contribution in [-0.4, -0.2) is 35.0 Å². The van der Waals surface area contributed by atoms with Crippen LogP contribution in [-0.2, 0) is 13.7 Å². The van der Waals surface area contributed by atoms with E-state index >= 15 is 0 Å². The highest BCUT2D eigenvalue weighted by molar-refractivity contribution is 7.11. The van der Waals surface area contributed by atoms with Crippen molar-refractivity contribution in [2.75, 3.05) is 0 Å². The molecule has 0 fully saturated rings. The van der Waals surface area contributed by atoms with Gasteiger partial charge in [-0.1, -0.05) is 17.9 Å². The van der Waals surface area contributed by atoms with Crippen molar-refractivity contribution in [3.63, 3.8) is 0 Å². The van der Waals surface area contributed by atoms with E-state index in [1.807, 2.05) is 0 Å². The molecule has 0 atom stereocenters. The molecule has 0 N–H and O–H groups in total. The Kier molecular flexibility index (Phi) is 3.41. The molecule has 3 heterocycles. The van der Waals surface area contributed by atoms with Crippen molar-refractivity contribution in [1.82, 2.24) is 35.0 Å². The van der Waals surface area contributed by atoms with Crippen molar-refractivity contribution < 1.29 is 6.11 Å². The van der Waals surface area contributed by atoms with Gasteiger partial charge in [-0.25, -0.2) is 9.78 Å². The van der Waals surface area contributed by atoms with Crippen LogP contribution in [0.25, 0.3) is 11.8 Å². The second-order valence-electron chi connectivity index (χ2n) is 4.13. The van der Waals surface area contributed by atoms with E-state index in [2.05, 4.69) is 32.2 Å². The molecule has 0 spiro atoms. The maximum absolute atomic E-state index is 12.0. The lowest BCUT2D eigenvalue weighted by molar-refractivity contribution is 0.303. The molecule has 0 aliphatic rings. The number of thiazole rings is 1. The lowest BCUT2D eigenvalue weighted by atomic mass is 10.2. The third-order valence-electron chi connectivity index (χ3n) is 2.82. The molecule has 0 aliphatic carbocycles. The highest BCUT2D eigenvalue weighted by Gasteiger charge is 2.16. The maximum atomic E-state index is 12.0. The first-order valence-corrected chi connectivity index (χ1v) is 6.99. The van der Waals surface area contributed by atoms with Crippen molar-refractivity contribution in [3.05, 3.63) is 46.1 Å². The first-order valence-electron chi connectivity index (χ1n) is 6.61. The third-order valence-corrected chi connectivity index (χ3v) is 3.45. The summed E-state index contributed by atoms with van der Waals surface area (Å²) in [5.41, 5.74) is 1.01. The standard InChI is InChI=1S/C12H11N7O2S/c1-3-9-8(7-21-11-13-4-5-22-11)10(6-14-15-9)19-12(20)18(2)16-17-19/h3-6H,1,7H2,2H3/i4T. The summed E-state index contributed by atoms with van der Waals surface area (Å²) >= 11 is 1.21. The molecule has 0 amide bonds. The number of rotatable bonds is 5. The quantitative estimate of drug-likeness (QED) is 0.672. The SMILES string of the molecule is [3H]c1csc(OCc2c(-n3nnn(C)c3=O)cnnc2C=C)n1. The Morgan fingerprint density at radius 3 is 3.05 bits per heavy atom. The fourth-order valence-corrected chi connectivity index (χ4v) is 2.20. The lowest BCUT2D eigenvalue weighted by Gasteiger charge is -2.09. The van der Waals surface area contributed by atoms with Crippen LogP contribution < -0.4 is 10.4 Å². The van der Waals surface area contributed by atoms with Gasteiger partial charge in [0.2, 0.25) is 0 Å². The minimum atomic E-state index is -0.419. The summed E-state index contributed by atoms with van der Waals surface area (Å²) < 4.78 is 15.2. The lowest BCUT2D eigenvalue weighted by Crippen LogP contribution is -2.23. The molecule has 22 heavy (non-hydrogen) atoms. The second-order valence-corrected chi connectivity index (χ2v) is 4.95. The summed E-state index contributed by atoms with van der Waals surface area (Å²) in [7, 11) is 1.50. The summed E-state index contributed by atoms with van der Waals surface area (Å²) in [6.45, 7) is 3.76. The molecule has 0 aromatic carbocycles. The molecule has 0 bridgehead atoms. The zero-order valence-corrected chi connectivity index (χ0v) is 12.3. The number of hydrogen-bond acceptors (Lipinski definition) is 8. The molecule has 0 unspecified atom stereocenters. The number of ether oxygens (including phenoxy) is 1. The number of tetrazole rings is 1. The molecule has 9 nitrogen and oxygen atoms in total. The average molecular weight is 319 g/mol. The van der Waals surface area contributed by atoms with E-state index in [0.29, 0.717) is 22.1 Å². The minimum absolute atomic E-state index is 0.0716. The van der Waals surface area contributed by atoms with Gasteiger partial charge in [-0.05, 0) is 16.5 Å². The van der Waals surface area contributed by atoms with Gasteiger partial charge in [0, 0.05) is 24.2 Å². The van der Waals surface area contributed by atoms with Crippen molar-refractivity contribution in [2.24, 2.45) is 7.05 Å².